The number of carbonyl (C=O) groups is 1. The van der Waals surface area contributed by atoms with E-state index in [0.29, 0.717) is 48.0 Å². The van der Waals surface area contributed by atoms with E-state index in [2.05, 4.69) is 17.4 Å². The van der Waals surface area contributed by atoms with Crippen LogP contribution in [0.25, 0.3) is 0 Å². The number of hydrogen-bond acceptors (Lipinski definition) is 5. The summed E-state index contributed by atoms with van der Waals surface area (Å²) in [6.45, 7) is 0.922. The number of thioether (sulfide) groups is 1. The summed E-state index contributed by atoms with van der Waals surface area (Å²) in [5.74, 6) is 0.753. The molecule has 1 amide bonds. The second-order valence-corrected chi connectivity index (χ2v) is 8.88. The van der Waals surface area contributed by atoms with Crippen molar-refractivity contribution in [2.45, 2.75) is 37.4 Å². The molecule has 0 atom stereocenters. The molecule has 0 radical (unpaired) electrons. The predicted octanol–water partition coefficient (Wildman–Crippen LogP) is 3.75. The number of aromatic nitrogens is 2. The first kappa shape index (κ1) is 24.7. The van der Waals surface area contributed by atoms with Gasteiger partial charge < -0.3 is 10.1 Å². The van der Waals surface area contributed by atoms with Gasteiger partial charge in [-0.25, -0.2) is 4.98 Å². The third-order valence-corrected chi connectivity index (χ3v) is 6.41. The maximum atomic E-state index is 13.1. The molecule has 174 valence electrons. The third-order valence-electron chi connectivity index (χ3n) is 5.29. The molecule has 0 aliphatic rings. The molecule has 7 heteroatoms. The number of carbonyl (C=O) groups excluding carboxylic acids is 1. The first-order valence-electron chi connectivity index (χ1n) is 11.1. The summed E-state index contributed by atoms with van der Waals surface area (Å²) in [6, 6.07) is 20.0. The van der Waals surface area contributed by atoms with Crippen LogP contribution < -0.4 is 10.9 Å². The van der Waals surface area contributed by atoms with E-state index in [1.807, 2.05) is 48.5 Å². The molecule has 1 heterocycles. The van der Waals surface area contributed by atoms with E-state index in [0.717, 1.165) is 12.0 Å². The number of nitrogens with one attached hydrogen (secondary N) is 1. The van der Waals surface area contributed by atoms with Gasteiger partial charge in [-0.1, -0.05) is 72.4 Å². The summed E-state index contributed by atoms with van der Waals surface area (Å²) >= 11 is 1.50. The average Bonchev–Trinajstić information content (AvgIpc) is 2.83. The van der Waals surface area contributed by atoms with Crippen molar-refractivity contribution >= 4 is 17.7 Å². The SMILES string of the molecule is COCc1nc(SCCCC(=O)NCCc2ccccc2)n(C)c(=O)c1Cc1ccccc1. The van der Waals surface area contributed by atoms with Crippen molar-refractivity contribution in [1.29, 1.82) is 0 Å². The van der Waals surface area contributed by atoms with Gasteiger partial charge in [-0.05, 0) is 24.0 Å². The van der Waals surface area contributed by atoms with E-state index in [1.54, 1.807) is 18.7 Å². The summed E-state index contributed by atoms with van der Waals surface area (Å²) in [6.07, 6.45) is 2.51. The van der Waals surface area contributed by atoms with Crippen LogP contribution in [-0.4, -0.2) is 34.9 Å². The van der Waals surface area contributed by atoms with Gasteiger partial charge in [-0.2, -0.15) is 0 Å². The summed E-state index contributed by atoms with van der Waals surface area (Å²) < 4.78 is 6.91. The van der Waals surface area contributed by atoms with Crippen LogP contribution in [0.2, 0.25) is 0 Å². The Labute approximate surface area is 199 Å². The molecule has 1 aromatic heterocycles. The van der Waals surface area contributed by atoms with Crippen LogP contribution >= 0.6 is 11.8 Å². The van der Waals surface area contributed by atoms with Crippen molar-refractivity contribution in [2.75, 3.05) is 19.4 Å². The highest BCUT2D eigenvalue weighted by Gasteiger charge is 2.16. The van der Waals surface area contributed by atoms with Crippen molar-refractivity contribution in [3.63, 3.8) is 0 Å². The molecule has 0 saturated heterocycles. The van der Waals surface area contributed by atoms with E-state index in [4.69, 9.17) is 9.72 Å². The lowest BCUT2D eigenvalue weighted by Gasteiger charge is -2.14. The third kappa shape index (κ3) is 7.58. The van der Waals surface area contributed by atoms with Crippen LogP contribution in [0.3, 0.4) is 0 Å². The minimum atomic E-state index is -0.0536. The largest absolute Gasteiger partial charge is 0.378 e. The van der Waals surface area contributed by atoms with Crippen molar-refractivity contribution in [1.82, 2.24) is 14.9 Å². The van der Waals surface area contributed by atoms with Crippen LogP contribution in [0.15, 0.2) is 70.6 Å². The Morgan fingerprint density at radius 3 is 2.39 bits per heavy atom. The molecule has 0 aliphatic heterocycles. The maximum Gasteiger partial charge on any atom is 0.257 e. The van der Waals surface area contributed by atoms with Gasteiger partial charge in [-0.3, -0.25) is 14.2 Å². The molecule has 6 nitrogen and oxygen atoms in total. The van der Waals surface area contributed by atoms with Crippen LogP contribution in [0.1, 0.15) is 35.2 Å². The summed E-state index contributed by atoms with van der Waals surface area (Å²) in [5, 5.41) is 3.62. The number of amides is 1. The first-order chi connectivity index (χ1) is 16.1. The fourth-order valence-electron chi connectivity index (χ4n) is 3.51. The van der Waals surface area contributed by atoms with Crippen molar-refractivity contribution in [3.8, 4) is 0 Å². The van der Waals surface area contributed by atoms with Crippen LogP contribution in [-0.2, 0) is 36.0 Å². The Kier molecular flexibility index (Phi) is 9.72. The highest BCUT2D eigenvalue weighted by molar-refractivity contribution is 7.99. The second-order valence-electron chi connectivity index (χ2n) is 7.82. The lowest BCUT2D eigenvalue weighted by atomic mass is 10.0. The molecule has 0 saturated carbocycles. The first-order valence-corrected chi connectivity index (χ1v) is 12.1. The van der Waals surface area contributed by atoms with Crippen molar-refractivity contribution < 1.29 is 9.53 Å². The minimum Gasteiger partial charge on any atom is -0.378 e. The zero-order valence-electron chi connectivity index (χ0n) is 19.3. The van der Waals surface area contributed by atoms with E-state index in [-0.39, 0.29) is 18.1 Å². The molecular formula is C26H31N3O3S. The summed E-state index contributed by atoms with van der Waals surface area (Å²) in [5.41, 5.74) is 3.55. The van der Waals surface area contributed by atoms with E-state index >= 15 is 0 Å². The molecule has 0 aliphatic carbocycles. The average molecular weight is 466 g/mol. The highest BCUT2D eigenvalue weighted by Crippen LogP contribution is 2.19. The van der Waals surface area contributed by atoms with Crippen LogP contribution in [0.5, 0.6) is 0 Å². The number of methoxy groups -OCH3 is 1. The number of rotatable bonds is 12. The molecule has 2 aromatic carbocycles. The minimum absolute atomic E-state index is 0.0478. The fourth-order valence-corrected chi connectivity index (χ4v) is 4.43. The topological polar surface area (TPSA) is 73.2 Å². The standard InChI is InChI=1S/C26H31N3O3S/c1-29-25(31)22(18-21-12-7-4-8-13-21)23(19-32-2)28-26(29)33-17-9-14-24(30)27-16-15-20-10-5-3-6-11-20/h3-8,10-13H,9,14-19H2,1-2H3,(H,27,30). The summed E-state index contributed by atoms with van der Waals surface area (Å²) in [7, 11) is 3.35. The molecule has 3 rings (SSSR count). The van der Waals surface area contributed by atoms with Crippen LogP contribution in [0.4, 0.5) is 0 Å². The van der Waals surface area contributed by atoms with Gasteiger partial charge in [0.15, 0.2) is 5.16 Å². The van der Waals surface area contributed by atoms with Gasteiger partial charge in [0, 0.05) is 44.9 Å². The van der Waals surface area contributed by atoms with Gasteiger partial charge in [0.2, 0.25) is 5.91 Å². The molecule has 0 spiro atoms. The quantitative estimate of drug-likeness (QED) is 0.251. The lowest BCUT2D eigenvalue weighted by molar-refractivity contribution is -0.121. The summed E-state index contributed by atoms with van der Waals surface area (Å²) in [4.78, 5) is 29.9. The highest BCUT2D eigenvalue weighted by atomic mass is 32.2. The predicted molar refractivity (Wildman–Crippen MR) is 133 cm³/mol. The zero-order chi connectivity index (χ0) is 23.5. The fraction of sp³-hybridized carbons (Fsp3) is 0.346. The Hall–Kier alpha value is -2.90. The van der Waals surface area contributed by atoms with Crippen molar-refractivity contribution in [2.24, 2.45) is 7.05 Å². The zero-order valence-corrected chi connectivity index (χ0v) is 20.1. The molecule has 0 fully saturated rings. The van der Waals surface area contributed by atoms with E-state index in [9.17, 15) is 9.59 Å². The second kappa shape index (κ2) is 13.0. The molecule has 33 heavy (non-hydrogen) atoms. The molecule has 0 unspecified atom stereocenters. The van der Waals surface area contributed by atoms with Gasteiger partial charge in [0.1, 0.15) is 0 Å². The lowest BCUT2D eigenvalue weighted by Crippen LogP contribution is -2.27. The van der Waals surface area contributed by atoms with Gasteiger partial charge in [-0.15, -0.1) is 0 Å². The number of benzene rings is 2. The normalized spacial score (nSPS) is 10.8. The monoisotopic (exact) mass is 465 g/mol. The van der Waals surface area contributed by atoms with Gasteiger partial charge >= 0.3 is 0 Å². The Balaban J connectivity index is 1.52. The number of ether oxygens (including phenoxy) is 1. The number of nitrogens with zero attached hydrogens (tertiary/aromatic N) is 2. The molecular weight excluding hydrogens is 434 g/mol. The Bertz CT molecular complexity index is 1090. The maximum absolute atomic E-state index is 13.1. The smallest absolute Gasteiger partial charge is 0.257 e. The van der Waals surface area contributed by atoms with Gasteiger partial charge in [0.25, 0.3) is 5.56 Å². The van der Waals surface area contributed by atoms with Crippen molar-refractivity contribution in [3.05, 3.63) is 93.4 Å². The number of hydrogen-bond donors (Lipinski definition) is 1. The molecule has 3 aromatic rings. The van der Waals surface area contributed by atoms with E-state index in [1.165, 1.54) is 17.3 Å². The molecule has 1 N–H and O–H groups in total. The van der Waals surface area contributed by atoms with Gasteiger partial charge in [0.05, 0.1) is 12.3 Å². The molecule has 0 bridgehead atoms. The Morgan fingerprint density at radius 1 is 1.06 bits per heavy atom. The van der Waals surface area contributed by atoms with Crippen LogP contribution in [0, 0.1) is 0 Å². The Morgan fingerprint density at radius 2 is 1.73 bits per heavy atom. The van der Waals surface area contributed by atoms with E-state index < -0.39 is 0 Å².